The summed E-state index contributed by atoms with van der Waals surface area (Å²) in [4.78, 5) is 2.48. The Morgan fingerprint density at radius 1 is 0.667 bits per heavy atom. The highest BCUT2D eigenvalue weighted by Crippen LogP contribution is 2.19. The zero-order valence-electron chi connectivity index (χ0n) is 15.2. The highest BCUT2D eigenvalue weighted by atomic mass is 15.2. The van der Waals surface area contributed by atoms with E-state index >= 15 is 0 Å². The van der Waals surface area contributed by atoms with E-state index in [4.69, 9.17) is 0 Å². The monoisotopic (exact) mass is 336 g/mol. The molecule has 6 heteroatoms. The standard InChI is InChI=1S/C7H14N2.C6H12N2.C5H10N2/c1-9-5-6-2-3-7(9)4-8-6;1-2-6-4-7-5(1)3-8-6;1-4-2-6-3-5(1)7-4/h6-8H,2-5H2,1H3;5-8H,1-4H2;4-7H,1-3H2. The molecule has 0 spiro atoms. The van der Waals surface area contributed by atoms with Crippen molar-refractivity contribution in [2.75, 3.05) is 46.3 Å². The van der Waals surface area contributed by atoms with Crippen LogP contribution in [0, 0.1) is 0 Å². The molecule has 9 aliphatic rings. The summed E-state index contributed by atoms with van der Waals surface area (Å²) in [5.74, 6) is 0. The highest BCUT2D eigenvalue weighted by molar-refractivity contribution is 4.95. The van der Waals surface area contributed by atoms with Crippen molar-refractivity contribution in [1.82, 2.24) is 31.5 Å². The second kappa shape index (κ2) is 7.98. The number of fused-ring (bicyclic) bond motifs is 8. The van der Waals surface area contributed by atoms with Gasteiger partial charge in [0.1, 0.15) is 0 Å². The van der Waals surface area contributed by atoms with Crippen LogP contribution in [0.25, 0.3) is 0 Å². The molecule has 0 amide bonds. The number of nitrogens with zero attached hydrogens (tertiary/aromatic N) is 1. The third-order valence-electron chi connectivity index (χ3n) is 6.61. The van der Waals surface area contributed by atoms with Crippen LogP contribution < -0.4 is 26.6 Å². The molecule has 24 heavy (non-hydrogen) atoms. The van der Waals surface area contributed by atoms with Crippen molar-refractivity contribution in [3.63, 3.8) is 0 Å². The Labute approximate surface area is 146 Å². The van der Waals surface area contributed by atoms with E-state index in [2.05, 4.69) is 38.5 Å². The molecule has 6 atom stereocenters. The summed E-state index contributed by atoms with van der Waals surface area (Å²) in [5, 5.41) is 17.2. The van der Waals surface area contributed by atoms with E-state index in [1.807, 2.05) is 0 Å². The van der Waals surface area contributed by atoms with Crippen molar-refractivity contribution in [2.45, 2.75) is 68.4 Å². The van der Waals surface area contributed by atoms with Gasteiger partial charge >= 0.3 is 0 Å². The quantitative estimate of drug-likeness (QED) is 0.395. The molecule has 6 nitrogen and oxygen atoms in total. The van der Waals surface area contributed by atoms with Gasteiger partial charge in [-0.3, -0.25) is 0 Å². The van der Waals surface area contributed by atoms with Crippen LogP contribution >= 0.6 is 0 Å². The molecule has 6 bridgehead atoms. The SMILES string of the molecule is C1CC2CNC1CN2.C1NCC2CC1N2.CN1CC2CCC1CN2. The molecule has 0 aromatic rings. The molecule has 0 radical (unpaired) electrons. The highest BCUT2D eigenvalue weighted by Gasteiger charge is 2.31. The van der Waals surface area contributed by atoms with Gasteiger partial charge in [0.25, 0.3) is 0 Å². The third kappa shape index (κ3) is 4.29. The number of likely N-dealkylation sites (N-methyl/N-ethyl adjacent to an activating group) is 1. The summed E-state index contributed by atoms with van der Waals surface area (Å²) in [7, 11) is 2.23. The average molecular weight is 337 g/mol. The Bertz CT molecular complexity index is 346. The topological polar surface area (TPSA) is 63.4 Å². The van der Waals surface area contributed by atoms with Crippen LogP contribution in [0.15, 0.2) is 0 Å². The second-order valence-corrected chi connectivity index (χ2v) is 8.52. The minimum Gasteiger partial charge on any atom is -0.314 e. The fraction of sp³-hybridized carbons (Fsp3) is 1.00. The molecule has 0 saturated carbocycles. The number of piperidine rings is 5. The van der Waals surface area contributed by atoms with Gasteiger partial charge in [0.05, 0.1) is 0 Å². The molecule has 9 heterocycles. The van der Waals surface area contributed by atoms with Crippen molar-refractivity contribution in [2.24, 2.45) is 0 Å². The predicted molar refractivity (Wildman–Crippen MR) is 98.5 cm³/mol. The number of piperazine rings is 3. The lowest BCUT2D eigenvalue weighted by molar-refractivity contribution is 0.101. The molecule has 9 saturated heterocycles. The van der Waals surface area contributed by atoms with Crippen LogP contribution in [0.4, 0.5) is 0 Å². The van der Waals surface area contributed by atoms with Crippen molar-refractivity contribution >= 4 is 0 Å². The number of hydrogen-bond acceptors (Lipinski definition) is 6. The van der Waals surface area contributed by atoms with Gasteiger partial charge in [-0.15, -0.1) is 0 Å². The maximum absolute atomic E-state index is 3.51. The first-order valence-corrected chi connectivity index (χ1v) is 10.1. The third-order valence-corrected chi connectivity index (χ3v) is 6.61. The molecule has 5 N–H and O–H groups in total. The lowest BCUT2D eigenvalue weighted by Crippen LogP contribution is -2.65. The van der Waals surface area contributed by atoms with Gasteiger partial charge in [-0.1, -0.05) is 0 Å². The molecule has 6 unspecified atom stereocenters. The molecule has 0 aromatic carbocycles. The molecular weight excluding hydrogens is 300 g/mol. The van der Waals surface area contributed by atoms with Crippen LogP contribution in [0.1, 0.15) is 32.1 Å². The normalized spacial score (nSPS) is 45.4. The summed E-state index contributed by atoms with van der Waals surface area (Å²) in [6.07, 6.45) is 6.99. The fourth-order valence-corrected chi connectivity index (χ4v) is 4.87. The van der Waals surface area contributed by atoms with Gasteiger partial charge < -0.3 is 31.5 Å². The van der Waals surface area contributed by atoms with Crippen molar-refractivity contribution < 1.29 is 0 Å². The lowest BCUT2D eigenvalue weighted by Gasteiger charge is -2.44. The summed E-state index contributed by atoms with van der Waals surface area (Å²) in [5.41, 5.74) is 0. The van der Waals surface area contributed by atoms with Crippen LogP contribution in [-0.4, -0.2) is 87.5 Å². The van der Waals surface area contributed by atoms with Crippen LogP contribution in [0.3, 0.4) is 0 Å². The van der Waals surface area contributed by atoms with E-state index in [0.29, 0.717) is 0 Å². The Morgan fingerprint density at radius 3 is 1.42 bits per heavy atom. The number of nitrogens with one attached hydrogen (secondary N) is 5. The van der Waals surface area contributed by atoms with E-state index < -0.39 is 0 Å². The maximum atomic E-state index is 3.51. The fourth-order valence-electron chi connectivity index (χ4n) is 4.87. The van der Waals surface area contributed by atoms with Gasteiger partial charge in [0.15, 0.2) is 0 Å². The predicted octanol–water partition coefficient (Wildman–Crippen LogP) is -0.917. The summed E-state index contributed by atoms with van der Waals surface area (Å²) < 4.78 is 0. The van der Waals surface area contributed by atoms with E-state index in [1.165, 1.54) is 71.4 Å². The Kier molecular flexibility index (Phi) is 5.71. The summed E-state index contributed by atoms with van der Waals surface area (Å²) in [6, 6.07) is 4.87. The molecule has 9 rings (SSSR count). The molecule has 9 aliphatic heterocycles. The van der Waals surface area contributed by atoms with E-state index in [0.717, 1.165) is 36.3 Å². The first-order chi connectivity index (χ1) is 11.8. The number of rotatable bonds is 0. The van der Waals surface area contributed by atoms with Gasteiger partial charge in [-0.05, 0) is 39.2 Å². The first kappa shape index (κ1) is 17.2. The van der Waals surface area contributed by atoms with Crippen LogP contribution in [-0.2, 0) is 0 Å². The van der Waals surface area contributed by atoms with Crippen molar-refractivity contribution in [3.05, 3.63) is 0 Å². The molecule has 0 aliphatic carbocycles. The molecule has 0 aromatic heterocycles. The van der Waals surface area contributed by atoms with Gasteiger partial charge in [0.2, 0.25) is 0 Å². The lowest BCUT2D eigenvalue weighted by atomic mass is 9.93. The Hall–Kier alpha value is -0.240. The minimum absolute atomic E-state index is 0.792. The van der Waals surface area contributed by atoms with E-state index in [-0.39, 0.29) is 0 Å². The molecule has 9 fully saturated rings. The largest absolute Gasteiger partial charge is 0.314 e. The summed E-state index contributed by atoms with van der Waals surface area (Å²) >= 11 is 0. The van der Waals surface area contributed by atoms with Crippen molar-refractivity contribution in [1.29, 1.82) is 0 Å². The smallest absolute Gasteiger partial charge is 0.0218 e. The number of hydrogen-bond donors (Lipinski definition) is 5. The first-order valence-electron chi connectivity index (χ1n) is 10.1. The zero-order chi connectivity index (χ0) is 16.4. The maximum Gasteiger partial charge on any atom is 0.0218 e. The van der Waals surface area contributed by atoms with Gasteiger partial charge in [0, 0.05) is 75.5 Å². The molecular formula is C18H36N6. The Balaban J connectivity index is 0.0000000918. The van der Waals surface area contributed by atoms with Crippen LogP contribution in [0.2, 0.25) is 0 Å². The minimum atomic E-state index is 0.792. The van der Waals surface area contributed by atoms with Gasteiger partial charge in [-0.25, -0.2) is 0 Å². The second-order valence-electron chi connectivity index (χ2n) is 8.52. The zero-order valence-corrected chi connectivity index (χ0v) is 15.2. The van der Waals surface area contributed by atoms with Crippen molar-refractivity contribution in [3.8, 4) is 0 Å². The van der Waals surface area contributed by atoms with E-state index in [1.54, 1.807) is 0 Å². The van der Waals surface area contributed by atoms with E-state index in [9.17, 15) is 0 Å². The average Bonchev–Trinajstić information content (AvgIpc) is 2.65. The van der Waals surface area contributed by atoms with Crippen LogP contribution in [0.5, 0.6) is 0 Å². The summed E-state index contributed by atoms with van der Waals surface area (Å²) in [6.45, 7) is 7.27. The molecule has 138 valence electrons. The Morgan fingerprint density at radius 2 is 1.25 bits per heavy atom. The van der Waals surface area contributed by atoms with Gasteiger partial charge in [-0.2, -0.15) is 0 Å².